The molecule has 1 heterocycles. The summed E-state index contributed by atoms with van der Waals surface area (Å²) in [6.45, 7) is 7.82. The minimum absolute atomic E-state index is 0.759. The molecule has 2 rings (SSSR count). The molecule has 0 bridgehead atoms. The number of halogens is 1. The zero-order valence-electron chi connectivity index (χ0n) is 12.3. The monoisotopic (exact) mass is 337 g/mol. The predicted molar refractivity (Wildman–Crippen MR) is 84.3 cm³/mol. The average molecular weight is 338 g/mol. The Morgan fingerprint density at radius 1 is 1.35 bits per heavy atom. The fourth-order valence-corrected chi connectivity index (χ4v) is 2.63. The van der Waals surface area contributed by atoms with Gasteiger partial charge < -0.3 is 10.1 Å². The first-order chi connectivity index (χ1) is 9.52. The van der Waals surface area contributed by atoms with Crippen LogP contribution in [0.3, 0.4) is 0 Å². The Labute approximate surface area is 128 Å². The Balaban J connectivity index is 2.32. The maximum Gasteiger partial charge on any atom is 0.222 e. The molecule has 0 saturated heterocycles. The molecule has 20 heavy (non-hydrogen) atoms. The highest BCUT2D eigenvalue weighted by Gasteiger charge is 2.16. The van der Waals surface area contributed by atoms with E-state index in [0.717, 1.165) is 40.4 Å². The van der Waals surface area contributed by atoms with E-state index in [2.05, 4.69) is 40.2 Å². The molecule has 0 saturated carbocycles. The van der Waals surface area contributed by atoms with Crippen LogP contribution in [-0.2, 0) is 13.6 Å². The average Bonchev–Trinajstić information content (AvgIpc) is 2.65. The van der Waals surface area contributed by atoms with Crippen LogP contribution in [0.2, 0.25) is 0 Å². The number of rotatable bonds is 5. The highest BCUT2D eigenvalue weighted by molar-refractivity contribution is 9.10. The number of ether oxygens (including phenoxy) is 1. The molecule has 5 heteroatoms. The summed E-state index contributed by atoms with van der Waals surface area (Å²) in [6.07, 6.45) is 0. The molecule has 0 radical (unpaired) electrons. The van der Waals surface area contributed by atoms with Crippen LogP contribution in [0.25, 0.3) is 0 Å². The minimum Gasteiger partial charge on any atom is -0.438 e. The summed E-state index contributed by atoms with van der Waals surface area (Å²) in [7, 11) is 1.90. The lowest BCUT2D eigenvalue weighted by atomic mass is 10.2. The molecule has 108 valence electrons. The zero-order valence-corrected chi connectivity index (χ0v) is 13.9. The second kappa shape index (κ2) is 6.41. The predicted octanol–water partition coefficient (Wildman–Crippen LogP) is 3.70. The van der Waals surface area contributed by atoms with E-state index in [9.17, 15) is 0 Å². The topological polar surface area (TPSA) is 39.1 Å². The molecule has 0 aliphatic carbocycles. The maximum atomic E-state index is 6.06. The van der Waals surface area contributed by atoms with Crippen molar-refractivity contribution in [1.29, 1.82) is 0 Å². The molecule has 0 aliphatic rings. The van der Waals surface area contributed by atoms with Gasteiger partial charge in [0.2, 0.25) is 5.88 Å². The second-order valence-electron chi connectivity index (χ2n) is 4.81. The molecule has 1 aromatic heterocycles. The SMILES string of the molecule is CCNCc1c(C)nn(C)c1Oc1ccc(C)cc1Br. The quantitative estimate of drug-likeness (QED) is 0.904. The first-order valence-corrected chi connectivity index (χ1v) is 7.49. The summed E-state index contributed by atoms with van der Waals surface area (Å²) in [6, 6.07) is 6.05. The van der Waals surface area contributed by atoms with Gasteiger partial charge in [0.15, 0.2) is 0 Å². The smallest absolute Gasteiger partial charge is 0.222 e. The van der Waals surface area contributed by atoms with Crippen LogP contribution in [0.4, 0.5) is 0 Å². The van der Waals surface area contributed by atoms with Crippen LogP contribution in [0.15, 0.2) is 22.7 Å². The number of nitrogens with one attached hydrogen (secondary N) is 1. The lowest BCUT2D eigenvalue weighted by molar-refractivity contribution is 0.422. The highest BCUT2D eigenvalue weighted by Crippen LogP contribution is 2.32. The normalized spacial score (nSPS) is 10.8. The molecule has 1 N–H and O–H groups in total. The van der Waals surface area contributed by atoms with E-state index >= 15 is 0 Å². The van der Waals surface area contributed by atoms with Crippen molar-refractivity contribution in [1.82, 2.24) is 15.1 Å². The summed E-state index contributed by atoms with van der Waals surface area (Å²) in [4.78, 5) is 0. The van der Waals surface area contributed by atoms with Crippen LogP contribution in [-0.4, -0.2) is 16.3 Å². The van der Waals surface area contributed by atoms with Crippen LogP contribution >= 0.6 is 15.9 Å². The van der Waals surface area contributed by atoms with Crippen LogP contribution in [0, 0.1) is 13.8 Å². The third-order valence-corrected chi connectivity index (χ3v) is 3.75. The number of aryl methyl sites for hydroxylation is 3. The molecule has 1 aromatic carbocycles. The zero-order chi connectivity index (χ0) is 14.7. The molecule has 0 amide bonds. The second-order valence-corrected chi connectivity index (χ2v) is 5.66. The number of aromatic nitrogens is 2. The minimum atomic E-state index is 0.759. The van der Waals surface area contributed by atoms with Crippen molar-refractivity contribution in [3.05, 3.63) is 39.5 Å². The van der Waals surface area contributed by atoms with Crippen molar-refractivity contribution in [3.63, 3.8) is 0 Å². The Morgan fingerprint density at radius 3 is 2.75 bits per heavy atom. The van der Waals surface area contributed by atoms with Crippen molar-refractivity contribution in [2.45, 2.75) is 27.3 Å². The molecule has 0 fully saturated rings. The van der Waals surface area contributed by atoms with Gasteiger partial charge >= 0.3 is 0 Å². The summed E-state index contributed by atoms with van der Waals surface area (Å²) in [5.41, 5.74) is 3.28. The van der Waals surface area contributed by atoms with Crippen molar-refractivity contribution >= 4 is 15.9 Å². The molecule has 0 unspecified atom stereocenters. The number of hydrogen-bond acceptors (Lipinski definition) is 3. The lowest BCUT2D eigenvalue weighted by Crippen LogP contribution is -2.12. The van der Waals surface area contributed by atoms with Gasteiger partial charge in [-0.15, -0.1) is 0 Å². The van der Waals surface area contributed by atoms with Crippen molar-refractivity contribution in [2.24, 2.45) is 7.05 Å². The first kappa shape index (κ1) is 15.1. The summed E-state index contributed by atoms with van der Waals surface area (Å²) in [5, 5.41) is 7.77. The Bertz CT molecular complexity index is 607. The van der Waals surface area contributed by atoms with Gasteiger partial charge in [-0.25, -0.2) is 4.68 Å². The fraction of sp³-hybridized carbons (Fsp3) is 0.400. The Kier molecular flexibility index (Phi) is 4.83. The third-order valence-electron chi connectivity index (χ3n) is 3.13. The Morgan fingerprint density at radius 2 is 2.10 bits per heavy atom. The lowest BCUT2D eigenvalue weighted by Gasteiger charge is -2.11. The summed E-state index contributed by atoms with van der Waals surface area (Å²) < 4.78 is 8.79. The van der Waals surface area contributed by atoms with E-state index in [-0.39, 0.29) is 0 Å². The van der Waals surface area contributed by atoms with E-state index in [0.29, 0.717) is 0 Å². The van der Waals surface area contributed by atoms with E-state index in [1.165, 1.54) is 5.56 Å². The molecular weight excluding hydrogens is 318 g/mol. The van der Waals surface area contributed by atoms with Gasteiger partial charge in [0, 0.05) is 13.6 Å². The number of nitrogens with zero attached hydrogens (tertiary/aromatic N) is 2. The molecule has 0 spiro atoms. The molecule has 0 atom stereocenters. The number of hydrogen-bond donors (Lipinski definition) is 1. The van der Waals surface area contributed by atoms with Crippen LogP contribution < -0.4 is 10.1 Å². The van der Waals surface area contributed by atoms with Gasteiger partial charge in [-0.3, -0.25) is 0 Å². The summed E-state index contributed by atoms with van der Waals surface area (Å²) in [5.74, 6) is 1.59. The van der Waals surface area contributed by atoms with Crippen LogP contribution in [0.1, 0.15) is 23.7 Å². The van der Waals surface area contributed by atoms with E-state index in [1.54, 1.807) is 4.68 Å². The van der Waals surface area contributed by atoms with Crippen molar-refractivity contribution in [3.8, 4) is 11.6 Å². The standard InChI is InChI=1S/C15H20BrN3O/c1-5-17-9-12-11(3)18-19(4)15(12)20-14-7-6-10(2)8-13(14)16/h6-8,17H,5,9H2,1-4H3. The first-order valence-electron chi connectivity index (χ1n) is 6.70. The molecule has 4 nitrogen and oxygen atoms in total. The van der Waals surface area contributed by atoms with Gasteiger partial charge in [0.1, 0.15) is 5.75 Å². The van der Waals surface area contributed by atoms with E-state index < -0.39 is 0 Å². The molecule has 0 aliphatic heterocycles. The van der Waals surface area contributed by atoms with Crippen LogP contribution in [0.5, 0.6) is 11.6 Å². The number of benzene rings is 1. The molecular formula is C15H20BrN3O. The fourth-order valence-electron chi connectivity index (χ4n) is 2.05. The highest BCUT2D eigenvalue weighted by atomic mass is 79.9. The van der Waals surface area contributed by atoms with Gasteiger partial charge in [-0.1, -0.05) is 13.0 Å². The largest absolute Gasteiger partial charge is 0.438 e. The maximum absolute atomic E-state index is 6.06. The molecule has 2 aromatic rings. The van der Waals surface area contributed by atoms with Gasteiger partial charge in [-0.2, -0.15) is 5.10 Å². The van der Waals surface area contributed by atoms with E-state index in [4.69, 9.17) is 4.74 Å². The Hall–Kier alpha value is -1.33. The third kappa shape index (κ3) is 3.22. The van der Waals surface area contributed by atoms with E-state index in [1.807, 2.05) is 32.2 Å². The van der Waals surface area contributed by atoms with Gasteiger partial charge in [-0.05, 0) is 54.0 Å². The van der Waals surface area contributed by atoms with Crippen molar-refractivity contribution in [2.75, 3.05) is 6.54 Å². The van der Waals surface area contributed by atoms with Gasteiger partial charge in [0.05, 0.1) is 15.7 Å². The summed E-state index contributed by atoms with van der Waals surface area (Å²) >= 11 is 3.54. The van der Waals surface area contributed by atoms with Gasteiger partial charge in [0.25, 0.3) is 0 Å². The van der Waals surface area contributed by atoms with Crippen molar-refractivity contribution < 1.29 is 4.74 Å².